The predicted octanol–water partition coefficient (Wildman–Crippen LogP) is 1.62. The van der Waals surface area contributed by atoms with Gasteiger partial charge in [-0.2, -0.15) is 13.2 Å². The van der Waals surface area contributed by atoms with Crippen LogP contribution in [0.3, 0.4) is 0 Å². The van der Waals surface area contributed by atoms with Crippen molar-refractivity contribution in [2.24, 2.45) is 0 Å². The average molecular weight is 322 g/mol. The van der Waals surface area contributed by atoms with E-state index in [-0.39, 0.29) is 12.2 Å². The van der Waals surface area contributed by atoms with E-state index in [1.54, 1.807) is 0 Å². The topological polar surface area (TPSA) is 75.8 Å². The number of carbonyl (C=O) groups is 1. The summed E-state index contributed by atoms with van der Waals surface area (Å²) in [4.78, 5) is 13.3. The maximum Gasteiger partial charge on any atom is 0.453 e. The van der Waals surface area contributed by atoms with Gasteiger partial charge in [-0.05, 0) is 6.92 Å². The first-order valence-corrected chi connectivity index (χ1v) is 6.73. The van der Waals surface area contributed by atoms with Gasteiger partial charge < -0.3 is 19.3 Å². The van der Waals surface area contributed by atoms with Gasteiger partial charge in [-0.25, -0.2) is 0 Å². The number of nitrogens with zero attached hydrogens (tertiary/aromatic N) is 2. The lowest BCUT2D eigenvalue weighted by Gasteiger charge is -2.35. The number of hydrogen-bond acceptors (Lipinski definition) is 5. The van der Waals surface area contributed by atoms with Gasteiger partial charge in [-0.15, -0.1) is 0 Å². The molecule has 0 radical (unpaired) electrons. The number of aryl methyl sites for hydroxylation is 1. The number of ether oxygens (including phenoxy) is 1. The number of likely N-dealkylation sites (N-methyl/N-ethyl adjacent to an activating group) is 1. The molecule has 1 N–H and O–H groups in total. The molecule has 1 aromatic heterocycles. The van der Waals surface area contributed by atoms with Gasteiger partial charge in [0.2, 0.25) is 0 Å². The Bertz CT molecular complexity index is 550. The van der Waals surface area contributed by atoms with Gasteiger partial charge in [-0.3, -0.25) is 4.79 Å². The van der Waals surface area contributed by atoms with Gasteiger partial charge in [0.1, 0.15) is 5.56 Å². The SMILES string of the molecule is Cc1noc(C(F)(F)F)c1C(=O)N(C)CC1(O)CCOCC1. The molecule has 9 heteroatoms. The molecule has 6 nitrogen and oxygen atoms in total. The number of rotatable bonds is 3. The van der Waals surface area contributed by atoms with Crippen LogP contribution in [-0.4, -0.2) is 53.5 Å². The van der Waals surface area contributed by atoms with Crippen LogP contribution >= 0.6 is 0 Å². The highest BCUT2D eigenvalue weighted by molar-refractivity contribution is 5.96. The first kappa shape index (κ1) is 16.8. The second kappa shape index (κ2) is 5.88. The highest BCUT2D eigenvalue weighted by Gasteiger charge is 2.43. The van der Waals surface area contributed by atoms with Crippen LogP contribution in [0.4, 0.5) is 13.2 Å². The Labute approximate surface area is 124 Å². The molecule has 1 aliphatic rings. The Morgan fingerprint density at radius 2 is 2.00 bits per heavy atom. The van der Waals surface area contributed by atoms with Crippen LogP contribution in [-0.2, 0) is 10.9 Å². The zero-order chi connectivity index (χ0) is 16.5. The molecule has 0 aromatic carbocycles. The van der Waals surface area contributed by atoms with Crippen LogP contribution in [0.2, 0.25) is 0 Å². The molecule has 0 saturated carbocycles. The van der Waals surface area contributed by atoms with Crippen molar-refractivity contribution in [3.63, 3.8) is 0 Å². The van der Waals surface area contributed by atoms with E-state index in [0.29, 0.717) is 26.1 Å². The molecule has 1 aromatic rings. The molecular formula is C13H17F3N2O4. The molecule has 0 atom stereocenters. The summed E-state index contributed by atoms with van der Waals surface area (Å²) >= 11 is 0. The maximum absolute atomic E-state index is 12.8. The number of aliphatic hydroxyl groups is 1. The lowest BCUT2D eigenvalue weighted by atomic mass is 9.93. The monoisotopic (exact) mass is 322 g/mol. The quantitative estimate of drug-likeness (QED) is 0.915. The summed E-state index contributed by atoms with van der Waals surface area (Å²) in [6.07, 6.45) is -4.17. The Balaban J connectivity index is 2.19. The average Bonchev–Trinajstić information content (AvgIpc) is 2.80. The normalized spacial score (nSPS) is 18.3. The largest absolute Gasteiger partial charge is 0.453 e. The lowest BCUT2D eigenvalue weighted by Crippen LogP contribution is -2.47. The molecule has 0 spiro atoms. The fourth-order valence-electron chi connectivity index (χ4n) is 2.43. The van der Waals surface area contributed by atoms with Gasteiger partial charge in [0.15, 0.2) is 0 Å². The molecule has 1 fully saturated rings. The van der Waals surface area contributed by atoms with Crippen LogP contribution in [0, 0.1) is 6.92 Å². The van der Waals surface area contributed by atoms with Crippen molar-refractivity contribution in [2.45, 2.75) is 31.5 Å². The van der Waals surface area contributed by atoms with Crippen LogP contribution in [0.15, 0.2) is 4.52 Å². The van der Waals surface area contributed by atoms with Gasteiger partial charge in [0, 0.05) is 39.6 Å². The third-order valence-corrected chi connectivity index (χ3v) is 3.64. The summed E-state index contributed by atoms with van der Waals surface area (Å²) in [5.74, 6) is -2.30. The number of amides is 1. The number of aromatic nitrogens is 1. The van der Waals surface area contributed by atoms with E-state index in [9.17, 15) is 23.1 Å². The van der Waals surface area contributed by atoms with Crippen molar-refractivity contribution in [2.75, 3.05) is 26.8 Å². The second-order valence-corrected chi connectivity index (χ2v) is 5.47. The minimum absolute atomic E-state index is 0.0862. The minimum Gasteiger partial charge on any atom is -0.388 e. The second-order valence-electron chi connectivity index (χ2n) is 5.47. The Hall–Kier alpha value is -1.61. The molecule has 1 amide bonds. The van der Waals surface area contributed by atoms with Crippen molar-refractivity contribution in [1.29, 1.82) is 0 Å². The van der Waals surface area contributed by atoms with Gasteiger partial charge >= 0.3 is 6.18 Å². The number of hydrogen-bond donors (Lipinski definition) is 1. The molecule has 0 unspecified atom stereocenters. The zero-order valence-electron chi connectivity index (χ0n) is 12.2. The molecule has 2 rings (SSSR count). The summed E-state index contributed by atoms with van der Waals surface area (Å²) < 4.78 is 47.9. The van der Waals surface area contributed by atoms with Crippen LogP contribution in [0.5, 0.6) is 0 Å². The molecule has 0 bridgehead atoms. The molecule has 2 heterocycles. The maximum atomic E-state index is 12.8. The lowest BCUT2D eigenvalue weighted by molar-refractivity contribution is -0.156. The summed E-state index contributed by atoms with van der Waals surface area (Å²) in [6, 6.07) is 0. The van der Waals surface area contributed by atoms with E-state index in [1.807, 2.05) is 0 Å². The van der Waals surface area contributed by atoms with Crippen molar-refractivity contribution in [3.05, 3.63) is 17.0 Å². The van der Waals surface area contributed by atoms with E-state index >= 15 is 0 Å². The van der Waals surface area contributed by atoms with E-state index in [2.05, 4.69) is 9.68 Å². The third-order valence-electron chi connectivity index (χ3n) is 3.64. The minimum atomic E-state index is -4.80. The number of carbonyl (C=O) groups excluding carboxylic acids is 1. The van der Waals surface area contributed by atoms with Crippen LogP contribution in [0.25, 0.3) is 0 Å². The Morgan fingerprint density at radius 1 is 1.41 bits per heavy atom. The first-order valence-electron chi connectivity index (χ1n) is 6.73. The molecule has 1 saturated heterocycles. The Morgan fingerprint density at radius 3 is 2.55 bits per heavy atom. The zero-order valence-corrected chi connectivity index (χ0v) is 12.2. The standard InChI is InChI=1S/C13H17F3N2O4/c1-8-9(10(22-17-8)13(14,15)16)11(19)18(2)7-12(20)3-5-21-6-4-12/h20H,3-7H2,1-2H3. The van der Waals surface area contributed by atoms with Crippen LogP contribution < -0.4 is 0 Å². The Kier molecular flexibility index (Phi) is 4.48. The summed E-state index contributed by atoms with van der Waals surface area (Å²) in [6.45, 7) is 1.87. The van der Waals surface area contributed by atoms with E-state index in [4.69, 9.17) is 4.74 Å². The first-order chi connectivity index (χ1) is 10.1. The van der Waals surface area contributed by atoms with Crippen molar-refractivity contribution in [1.82, 2.24) is 10.1 Å². The molecular weight excluding hydrogens is 305 g/mol. The van der Waals surface area contributed by atoms with Gasteiger partial charge in [0.05, 0.1) is 11.3 Å². The van der Waals surface area contributed by atoms with Crippen molar-refractivity contribution in [3.8, 4) is 0 Å². The summed E-state index contributed by atoms with van der Waals surface area (Å²) in [5, 5.41) is 13.6. The fraction of sp³-hybridized carbons (Fsp3) is 0.692. The number of alkyl halides is 3. The predicted molar refractivity (Wildman–Crippen MR) is 68.2 cm³/mol. The molecule has 0 aliphatic carbocycles. The van der Waals surface area contributed by atoms with Crippen molar-refractivity contribution >= 4 is 5.91 Å². The number of halogens is 3. The van der Waals surface area contributed by atoms with Crippen LogP contribution in [0.1, 0.15) is 34.7 Å². The van der Waals surface area contributed by atoms with E-state index in [0.717, 1.165) is 4.90 Å². The third kappa shape index (κ3) is 3.41. The van der Waals surface area contributed by atoms with Gasteiger partial charge in [0.25, 0.3) is 11.7 Å². The summed E-state index contributed by atoms with van der Waals surface area (Å²) in [5.41, 5.74) is -1.92. The van der Waals surface area contributed by atoms with Crippen molar-refractivity contribution < 1.29 is 32.3 Å². The highest BCUT2D eigenvalue weighted by Crippen LogP contribution is 2.34. The fourth-order valence-corrected chi connectivity index (χ4v) is 2.43. The molecule has 124 valence electrons. The van der Waals surface area contributed by atoms with E-state index in [1.165, 1.54) is 14.0 Å². The summed E-state index contributed by atoms with van der Waals surface area (Å²) in [7, 11) is 1.34. The molecule has 1 aliphatic heterocycles. The molecule has 22 heavy (non-hydrogen) atoms. The smallest absolute Gasteiger partial charge is 0.388 e. The highest BCUT2D eigenvalue weighted by atomic mass is 19.4. The van der Waals surface area contributed by atoms with Gasteiger partial charge in [-0.1, -0.05) is 5.16 Å². The van der Waals surface area contributed by atoms with E-state index < -0.39 is 29.0 Å².